The third-order valence-electron chi connectivity index (χ3n) is 4.30. The molecule has 2 aromatic rings. The molecule has 1 N–H and O–H groups in total. The molecule has 132 valence electrons. The number of nitrogens with zero attached hydrogens (tertiary/aromatic N) is 1. The molecule has 0 bridgehead atoms. The van der Waals surface area contributed by atoms with Gasteiger partial charge in [-0.15, -0.1) is 0 Å². The molecule has 1 atom stereocenters. The molecular formula is C21H26N2O2. The SMILES string of the molecule is CC[C@@H](C(=O)NC)N(Cc1ccc(C)cc1)C(=O)Cc1ccccc1. The first-order chi connectivity index (χ1) is 12.0. The highest BCUT2D eigenvalue weighted by molar-refractivity contribution is 5.88. The van der Waals surface area contributed by atoms with E-state index >= 15 is 0 Å². The van der Waals surface area contributed by atoms with E-state index in [0.29, 0.717) is 19.4 Å². The largest absolute Gasteiger partial charge is 0.357 e. The molecule has 2 amide bonds. The van der Waals surface area contributed by atoms with Gasteiger partial charge in [0.2, 0.25) is 11.8 Å². The van der Waals surface area contributed by atoms with Crippen LogP contribution in [-0.2, 0) is 22.6 Å². The van der Waals surface area contributed by atoms with E-state index < -0.39 is 6.04 Å². The van der Waals surface area contributed by atoms with Gasteiger partial charge in [-0.3, -0.25) is 9.59 Å². The Bertz CT molecular complexity index is 696. The zero-order chi connectivity index (χ0) is 18.2. The van der Waals surface area contributed by atoms with E-state index in [-0.39, 0.29) is 11.8 Å². The topological polar surface area (TPSA) is 49.4 Å². The molecule has 0 unspecified atom stereocenters. The van der Waals surface area contributed by atoms with Crippen LogP contribution in [0.1, 0.15) is 30.0 Å². The number of benzene rings is 2. The second kappa shape index (κ2) is 9.02. The highest BCUT2D eigenvalue weighted by atomic mass is 16.2. The van der Waals surface area contributed by atoms with Crippen molar-refractivity contribution in [3.05, 3.63) is 71.3 Å². The number of hydrogen-bond donors (Lipinski definition) is 1. The number of carbonyl (C=O) groups excluding carboxylic acids is 2. The Labute approximate surface area is 149 Å². The Morgan fingerprint density at radius 3 is 2.20 bits per heavy atom. The fourth-order valence-corrected chi connectivity index (χ4v) is 2.85. The molecule has 0 aliphatic rings. The predicted octanol–water partition coefficient (Wildman–Crippen LogP) is 3.09. The lowest BCUT2D eigenvalue weighted by molar-refractivity contribution is -0.140. The van der Waals surface area contributed by atoms with Crippen molar-refractivity contribution in [2.75, 3.05) is 7.05 Å². The van der Waals surface area contributed by atoms with Crippen molar-refractivity contribution in [3.63, 3.8) is 0 Å². The summed E-state index contributed by atoms with van der Waals surface area (Å²) in [6.45, 7) is 4.39. The molecule has 0 heterocycles. The van der Waals surface area contributed by atoms with Gasteiger partial charge >= 0.3 is 0 Å². The lowest BCUT2D eigenvalue weighted by atomic mass is 10.1. The summed E-state index contributed by atoms with van der Waals surface area (Å²) < 4.78 is 0. The summed E-state index contributed by atoms with van der Waals surface area (Å²) in [5, 5.41) is 2.68. The van der Waals surface area contributed by atoms with E-state index in [0.717, 1.165) is 11.1 Å². The number of aryl methyl sites for hydroxylation is 1. The van der Waals surface area contributed by atoms with Crippen LogP contribution in [0.4, 0.5) is 0 Å². The van der Waals surface area contributed by atoms with Crippen LogP contribution in [0, 0.1) is 6.92 Å². The number of amides is 2. The molecule has 0 saturated heterocycles. The van der Waals surface area contributed by atoms with Crippen LogP contribution in [0.15, 0.2) is 54.6 Å². The highest BCUT2D eigenvalue weighted by Crippen LogP contribution is 2.15. The Kier molecular flexibility index (Phi) is 6.75. The van der Waals surface area contributed by atoms with Gasteiger partial charge in [0.25, 0.3) is 0 Å². The number of carbonyl (C=O) groups is 2. The van der Waals surface area contributed by atoms with Gasteiger partial charge in [-0.25, -0.2) is 0 Å². The van der Waals surface area contributed by atoms with Crippen LogP contribution in [-0.4, -0.2) is 29.8 Å². The summed E-state index contributed by atoms with van der Waals surface area (Å²) in [6, 6.07) is 17.2. The number of hydrogen-bond acceptors (Lipinski definition) is 2. The summed E-state index contributed by atoms with van der Waals surface area (Å²) >= 11 is 0. The summed E-state index contributed by atoms with van der Waals surface area (Å²) in [5.41, 5.74) is 3.15. The Morgan fingerprint density at radius 1 is 1.00 bits per heavy atom. The average Bonchev–Trinajstić information content (AvgIpc) is 2.63. The summed E-state index contributed by atoms with van der Waals surface area (Å²) in [6.07, 6.45) is 0.867. The van der Waals surface area contributed by atoms with Crippen molar-refractivity contribution in [2.45, 2.75) is 39.3 Å². The number of likely N-dealkylation sites (N-methyl/N-ethyl adjacent to an activating group) is 1. The maximum atomic E-state index is 13.0. The molecule has 0 fully saturated rings. The van der Waals surface area contributed by atoms with E-state index in [2.05, 4.69) is 5.32 Å². The predicted molar refractivity (Wildman–Crippen MR) is 100 cm³/mol. The molecular weight excluding hydrogens is 312 g/mol. The standard InChI is InChI=1S/C21H26N2O2/c1-4-19(21(25)22-3)23(15-18-12-10-16(2)11-13-18)20(24)14-17-8-6-5-7-9-17/h5-13,19H,4,14-15H2,1-3H3,(H,22,25)/t19-/m0/s1. The van der Waals surface area contributed by atoms with Crippen molar-refractivity contribution in [1.29, 1.82) is 0 Å². The van der Waals surface area contributed by atoms with Gasteiger partial charge in [0, 0.05) is 13.6 Å². The second-order valence-corrected chi connectivity index (χ2v) is 6.21. The maximum absolute atomic E-state index is 13.0. The quantitative estimate of drug-likeness (QED) is 0.843. The van der Waals surface area contributed by atoms with Crippen molar-refractivity contribution < 1.29 is 9.59 Å². The summed E-state index contributed by atoms with van der Waals surface area (Å²) in [4.78, 5) is 26.9. The van der Waals surface area contributed by atoms with Crippen LogP contribution in [0.3, 0.4) is 0 Å². The smallest absolute Gasteiger partial charge is 0.242 e. The molecule has 0 aliphatic heterocycles. The van der Waals surface area contributed by atoms with Crippen LogP contribution in [0.5, 0.6) is 0 Å². The minimum Gasteiger partial charge on any atom is -0.357 e. The maximum Gasteiger partial charge on any atom is 0.242 e. The normalized spacial score (nSPS) is 11.6. The third-order valence-corrected chi connectivity index (χ3v) is 4.30. The van der Waals surface area contributed by atoms with E-state index in [9.17, 15) is 9.59 Å². The molecule has 2 rings (SSSR count). The molecule has 4 nitrogen and oxygen atoms in total. The van der Waals surface area contributed by atoms with Crippen molar-refractivity contribution >= 4 is 11.8 Å². The molecule has 0 saturated carbocycles. The van der Waals surface area contributed by atoms with E-state index in [4.69, 9.17) is 0 Å². The van der Waals surface area contributed by atoms with Crippen molar-refractivity contribution in [3.8, 4) is 0 Å². The molecule has 2 aromatic carbocycles. The molecule has 0 radical (unpaired) electrons. The van der Waals surface area contributed by atoms with Crippen LogP contribution >= 0.6 is 0 Å². The van der Waals surface area contributed by atoms with Gasteiger partial charge in [0.1, 0.15) is 6.04 Å². The molecule has 4 heteroatoms. The van der Waals surface area contributed by atoms with Gasteiger partial charge in [-0.1, -0.05) is 67.1 Å². The van der Waals surface area contributed by atoms with Gasteiger partial charge in [0.15, 0.2) is 0 Å². The van der Waals surface area contributed by atoms with E-state index in [1.807, 2.05) is 68.4 Å². The van der Waals surface area contributed by atoms with Crippen LogP contribution < -0.4 is 5.32 Å². The summed E-state index contributed by atoms with van der Waals surface area (Å²) in [5.74, 6) is -0.168. The monoisotopic (exact) mass is 338 g/mol. The number of nitrogens with one attached hydrogen (secondary N) is 1. The Balaban J connectivity index is 2.25. The molecule has 0 aromatic heterocycles. The minimum atomic E-state index is -0.470. The Hall–Kier alpha value is -2.62. The zero-order valence-electron chi connectivity index (χ0n) is 15.2. The second-order valence-electron chi connectivity index (χ2n) is 6.21. The highest BCUT2D eigenvalue weighted by Gasteiger charge is 2.27. The first-order valence-corrected chi connectivity index (χ1v) is 8.65. The zero-order valence-corrected chi connectivity index (χ0v) is 15.2. The lowest BCUT2D eigenvalue weighted by Crippen LogP contribution is -2.48. The third kappa shape index (κ3) is 5.18. The first-order valence-electron chi connectivity index (χ1n) is 8.65. The fraction of sp³-hybridized carbons (Fsp3) is 0.333. The summed E-state index contributed by atoms with van der Waals surface area (Å²) in [7, 11) is 1.61. The van der Waals surface area contributed by atoms with Crippen molar-refractivity contribution in [2.24, 2.45) is 0 Å². The first kappa shape index (κ1) is 18.7. The van der Waals surface area contributed by atoms with Gasteiger partial charge in [0.05, 0.1) is 6.42 Å². The van der Waals surface area contributed by atoms with Gasteiger partial charge < -0.3 is 10.2 Å². The van der Waals surface area contributed by atoms with E-state index in [1.165, 1.54) is 5.56 Å². The van der Waals surface area contributed by atoms with Crippen LogP contribution in [0.25, 0.3) is 0 Å². The van der Waals surface area contributed by atoms with Gasteiger partial charge in [-0.2, -0.15) is 0 Å². The molecule has 0 spiro atoms. The minimum absolute atomic E-state index is 0.0396. The van der Waals surface area contributed by atoms with E-state index in [1.54, 1.807) is 11.9 Å². The lowest BCUT2D eigenvalue weighted by Gasteiger charge is -2.30. The van der Waals surface area contributed by atoms with Gasteiger partial charge in [-0.05, 0) is 24.5 Å². The Morgan fingerprint density at radius 2 is 1.64 bits per heavy atom. The number of rotatable bonds is 7. The van der Waals surface area contributed by atoms with Crippen LogP contribution in [0.2, 0.25) is 0 Å². The van der Waals surface area contributed by atoms with Crippen molar-refractivity contribution in [1.82, 2.24) is 10.2 Å². The molecule has 0 aliphatic carbocycles. The fourth-order valence-electron chi connectivity index (χ4n) is 2.85. The average molecular weight is 338 g/mol. The molecule has 25 heavy (non-hydrogen) atoms.